The lowest BCUT2D eigenvalue weighted by Crippen LogP contribution is -2.07. The van der Waals surface area contributed by atoms with Crippen molar-refractivity contribution in [1.82, 2.24) is 4.57 Å². The second kappa shape index (κ2) is 6.48. The van der Waals surface area contributed by atoms with E-state index >= 15 is 0 Å². The molecule has 0 saturated heterocycles. The molecule has 0 saturated carbocycles. The fourth-order valence-electron chi connectivity index (χ4n) is 2.36. The first-order valence-corrected chi connectivity index (χ1v) is 7.42. The summed E-state index contributed by atoms with van der Waals surface area (Å²) in [4.78, 5) is 23.5. The zero-order valence-corrected chi connectivity index (χ0v) is 14.0. The van der Waals surface area contributed by atoms with Crippen LogP contribution in [0, 0.1) is 5.82 Å². The Morgan fingerprint density at radius 1 is 1.41 bits per heavy atom. The molecule has 2 aromatic rings. The highest BCUT2D eigenvalue weighted by Crippen LogP contribution is 2.39. The van der Waals surface area contributed by atoms with Crippen molar-refractivity contribution in [3.05, 3.63) is 28.1 Å². The molecule has 0 aliphatic rings. The summed E-state index contributed by atoms with van der Waals surface area (Å²) in [5.74, 6) is -1.01. The van der Waals surface area contributed by atoms with Crippen molar-refractivity contribution in [2.45, 2.75) is 20.3 Å². The third-order valence-electron chi connectivity index (χ3n) is 3.19. The first kappa shape index (κ1) is 16.5. The number of carbonyl (C=O) groups is 2. The van der Waals surface area contributed by atoms with Gasteiger partial charge in [-0.3, -0.25) is 14.2 Å². The van der Waals surface area contributed by atoms with Crippen molar-refractivity contribution in [3.63, 3.8) is 0 Å². The Morgan fingerprint density at radius 3 is 2.64 bits per heavy atom. The summed E-state index contributed by atoms with van der Waals surface area (Å²) in [6, 6.07) is 1.23. The molecule has 22 heavy (non-hydrogen) atoms. The highest BCUT2D eigenvalue weighted by molar-refractivity contribution is 9.10. The van der Waals surface area contributed by atoms with E-state index in [1.165, 1.54) is 30.9 Å². The van der Waals surface area contributed by atoms with Crippen LogP contribution in [0.25, 0.3) is 10.9 Å². The minimum atomic E-state index is -0.576. The van der Waals surface area contributed by atoms with E-state index in [0.29, 0.717) is 21.2 Å². The molecule has 5 nitrogen and oxygen atoms in total. The molecular weight excluding hydrogens is 357 g/mol. The monoisotopic (exact) mass is 371 g/mol. The van der Waals surface area contributed by atoms with E-state index in [-0.39, 0.29) is 24.5 Å². The van der Waals surface area contributed by atoms with Crippen LogP contribution < -0.4 is 4.74 Å². The van der Waals surface area contributed by atoms with Gasteiger partial charge in [-0.2, -0.15) is 0 Å². The molecule has 0 radical (unpaired) electrons. The summed E-state index contributed by atoms with van der Waals surface area (Å²) in [6.07, 6.45) is 1.37. The van der Waals surface area contributed by atoms with Crippen molar-refractivity contribution in [2.24, 2.45) is 0 Å². The fraction of sp³-hybridized carbons (Fsp3) is 0.333. The summed E-state index contributed by atoms with van der Waals surface area (Å²) >= 11 is 3.23. The number of methoxy groups -OCH3 is 1. The number of hydrogen-bond acceptors (Lipinski definition) is 4. The number of carbonyl (C=O) groups excluding carboxylic acids is 2. The molecule has 0 aliphatic heterocycles. The molecule has 0 unspecified atom stereocenters. The number of rotatable bonds is 4. The number of esters is 1. The van der Waals surface area contributed by atoms with Crippen molar-refractivity contribution in [3.8, 4) is 5.75 Å². The van der Waals surface area contributed by atoms with Crippen molar-refractivity contribution >= 4 is 38.7 Å². The van der Waals surface area contributed by atoms with Gasteiger partial charge in [-0.25, -0.2) is 4.39 Å². The predicted molar refractivity (Wildman–Crippen MR) is 82.8 cm³/mol. The summed E-state index contributed by atoms with van der Waals surface area (Å²) in [7, 11) is 1.44. The van der Waals surface area contributed by atoms with E-state index in [1.807, 2.05) is 0 Å². The maximum absolute atomic E-state index is 14.3. The van der Waals surface area contributed by atoms with Gasteiger partial charge in [0.15, 0.2) is 0 Å². The fourth-order valence-corrected chi connectivity index (χ4v) is 2.92. The SMILES string of the molecule is CCOC(=O)Cc1cn(C(C)=O)c2c(F)cc(Br)c(OC)c12. The van der Waals surface area contributed by atoms with Crippen LogP contribution in [-0.2, 0) is 16.0 Å². The van der Waals surface area contributed by atoms with Gasteiger partial charge in [0.1, 0.15) is 11.6 Å². The Kier molecular flexibility index (Phi) is 4.85. The molecule has 1 aromatic heterocycles. The number of nitrogens with zero attached hydrogens (tertiary/aromatic N) is 1. The standard InChI is InChI=1S/C15H15BrFNO4/c1-4-22-12(20)5-9-7-18(8(2)19)14-11(17)6-10(16)15(21-3)13(9)14/h6-7H,4-5H2,1-3H3. The van der Waals surface area contributed by atoms with Crippen molar-refractivity contribution < 1.29 is 23.5 Å². The third kappa shape index (κ3) is 2.85. The van der Waals surface area contributed by atoms with Crippen LogP contribution in [0.3, 0.4) is 0 Å². The molecular formula is C15H15BrFNO4. The number of ether oxygens (including phenoxy) is 2. The topological polar surface area (TPSA) is 57.5 Å². The van der Waals surface area contributed by atoms with Crippen LogP contribution in [0.5, 0.6) is 5.75 Å². The molecule has 0 fully saturated rings. The summed E-state index contributed by atoms with van der Waals surface area (Å²) in [5.41, 5.74) is 0.563. The first-order valence-electron chi connectivity index (χ1n) is 6.63. The number of aromatic nitrogens is 1. The molecule has 0 spiro atoms. The molecule has 0 amide bonds. The van der Waals surface area contributed by atoms with E-state index < -0.39 is 11.8 Å². The number of halogens is 2. The smallest absolute Gasteiger partial charge is 0.310 e. The highest BCUT2D eigenvalue weighted by Gasteiger charge is 2.23. The van der Waals surface area contributed by atoms with Crippen LogP contribution in [0.4, 0.5) is 4.39 Å². The maximum Gasteiger partial charge on any atom is 0.310 e. The van der Waals surface area contributed by atoms with E-state index in [9.17, 15) is 14.0 Å². The lowest BCUT2D eigenvalue weighted by atomic mass is 10.1. The van der Waals surface area contributed by atoms with E-state index in [1.54, 1.807) is 6.92 Å². The molecule has 118 valence electrons. The average Bonchev–Trinajstić information content (AvgIpc) is 2.79. The van der Waals surface area contributed by atoms with Crippen LogP contribution in [0.15, 0.2) is 16.7 Å². The highest BCUT2D eigenvalue weighted by atomic mass is 79.9. The van der Waals surface area contributed by atoms with Crippen LogP contribution in [0.1, 0.15) is 24.2 Å². The number of fused-ring (bicyclic) bond motifs is 1. The molecule has 0 N–H and O–H groups in total. The quantitative estimate of drug-likeness (QED) is 0.773. The minimum Gasteiger partial charge on any atom is -0.495 e. The van der Waals surface area contributed by atoms with Gasteiger partial charge in [0.25, 0.3) is 0 Å². The van der Waals surface area contributed by atoms with Gasteiger partial charge in [0.2, 0.25) is 5.91 Å². The summed E-state index contributed by atoms with van der Waals surface area (Å²) in [5, 5.41) is 0.387. The molecule has 0 bridgehead atoms. The van der Waals surface area contributed by atoms with Gasteiger partial charge >= 0.3 is 5.97 Å². The average molecular weight is 372 g/mol. The van der Waals surface area contributed by atoms with Crippen molar-refractivity contribution in [1.29, 1.82) is 0 Å². The summed E-state index contributed by atoms with van der Waals surface area (Å²) in [6.45, 7) is 3.27. The minimum absolute atomic E-state index is 0.0725. The van der Waals surface area contributed by atoms with Gasteiger partial charge in [0.05, 0.1) is 35.5 Å². The van der Waals surface area contributed by atoms with Crippen LogP contribution in [-0.4, -0.2) is 30.2 Å². The van der Waals surface area contributed by atoms with Gasteiger partial charge in [-0.1, -0.05) is 0 Å². The van der Waals surface area contributed by atoms with E-state index in [2.05, 4.69) is 15.9 Å². The molecule has 0 atom stereocenters. The van der Waals surface area contributed by atoms with Gasteiger partial charge in [-0.15, -0.1) is 0 Å². The zero-order chi connectivity index (χ0) is 16.4. The normalized spacial score (nSPS) is 10.8. The lowest BCUT2D eigenvalue weighted by molar-refractivity contribution is -0.142. The van der Waals surface area contributed by atoms with Gasteiger partial charge in [-0.05, 0) is 34.5 Å². The second-order valence-electron chi connectivity index (χ2n) is 4.62. The summed E-state index contributed by atoms with van der Waals surface area (Å²) < 4.78 is 26.1. The van der Waals surface area contributed by atoms with Gasteiger partial charge < -0.3 is 9.47 Å². The Labute approximate surface area is 135 Å². The molecule has 2 rings (SSSR count). The Morgan fingerprint density at radius 2 is 2.09 bits per heavy atom. The molecule has 7 heteroatoms. The second-order valence-corrected chi connectivity index (χ2v) is 5.48. The number of hydrogen-bond donors (Lipinski definition) is 0. The largest absolute Gasteiger partial charge is 0.495 e. The van der Waals surface area contributed by atoms with E-state index in [0.717, 1.165) is 0 Å². The third-order valence-corrected chi connectivity index (χ3v) is 3.78. The van der Waals surface area contributed by atoms with Crippen LogP contribution >= 0.6 is 15.9 Å². The Bertz CT molecular complexity index is 754. The zero-order valence-electron chi connectivity index (χ0n) is 12.4. The molecule has 0 aliphatic carbocycles. The van der Waals surface area contributed by atoms with Crippen LogP contribution in [0.2, 0.25) is 0 Å². The Hall–Kier alpha value is -1.89. The molecule has 1 heterocycles. The van der Waals surface area contributed by atoms with Crippen molar-refractivity contribution in [2.75, 3.05) is 13.7 Å². The Balaban J connectivity index is 2.75. The van der Waals surface area contributed by atoms with E-state index in [4.69, 9.17) is 9.47 Å². The number of benzene rings is 1. The lowest BCUT2D eigenvalue weighted by Gasteiger charge is -2.09. The molecule has 1 aromatic carbocycles. The first-order chi connectivity index (χ1) is 10.4. The van der Waals surface area contributed by atoms with Gasteiger partial charge in [0, 0.05) is 13.1 Å². The predicted octanol–water partition coefficient (Wildman–Crippen LogP) is 3.32. The maximum atomic E-state index is 14.3.